The summed E-state index contributed by atoms with van der Waals surface area (Å²) in [6.07, 6.45) is -1.03. The Kier molecular flexibility index (Phi) is 2.49. The van der Waals surface area contributed by atoms with Crippen molar-refractivity contribution in [2.45, 2.75) is 6.43 Å². The molecule has 0 aliphatic carbocycles. The summed E-state index contributed by atoms with van der Waals surface area (Å²) in [6, 6.07) is 0. The summed E-state index contributed by atoms with van der Waals surface area (Å²) < 4.78 is 26.7. The number of anilines is 1. The molecule has 0 aliphatic rings. The first-order chi connectivity index (χ1) is 4.79. The largest absolute Gasteiger partial charge is 0.355 e. The highest BCUT2D eigenvalue weighted by Crippen LogP contribution is 2.06. The molecule has 0 fully saturated rings. The minimum Gasteiger partial charge on any atom is -0.355 e. The third-order valence-corrected chi connectivity index (χ3v) is 1.39. The summed E-state index contributed by atoms with van der Waals surface area (Å²) in [6.45, 7) is -0.366. The van der Waals surface area contributed by atoms with E-state index in [-0.39, 0.29) is 6.54 Å². The van der Waals surface area contributed by atoms with Crippen molar-refractivity contribution in [1.82, 2.24) is 9.36 Å². The highest BCUT2D eigenvalue weighted by atomic mass is 32.1. The second-order valence-corrected chi connectivity index (χ2v) is 2.30. The molecule has 0 aromatic carbocycles. The lowest BCUT2D eigenvalue weighted by atomic mass is 10.7. The number of hydrogen-bond donors (Lipinski definition) is 1. The molecule has 10 heavy (non-hydrogen) atoms. The number of rotatable bonds is 3. The summed E-state index contributed by atoms with van der Waals surface area (Å²) in [7, 11) is 0. The van der Waals surface area contributed by atoms with Crippen molar-refractivity contribution in [3.63, 3.8) is 0 Å². The van der Waals surface area contributed by atoms with E-state index in [9.17, 15) is 8.78 Å². The van der Waals surface area contributed by atoms with Crippen molar-refractivity contribution in [1.29, 1.82) is 0 Å². The van der Waals surface area contributed by atoms with Gasteiger partial charge in [0, 0.05) is 11.5 Å². The van der Waals surface area contributed by atoms with Gasteiger partial charge in [0.15, 0.2) is 0 Å². The van der Waals surface area contributed by atoms with Crippen LogP contribution >= 0.6 is 11.5 Å². The molecule has 0 atom stereocenters. The molecule has 6 heteroatoms. The van der Waals surface area contributed by atoms with Gasteiger partial charge < -0.3 is 5.32 Å². The smallest absolute Gasteiger partial charge is 0.255 e. The molecule has 1 N–H and O–H groups in total. The molecular weight excluding hydrogens is 160 g/mol. The molecule has 0 aliphatic heterocycles. The van der Waals surface area contributed by atoms with Gasteiger partial charge in [0.2, 0.25) is 5.13 Å². The van der Waals surface area contributed by atoms with Crippen molar-refractivity contribution >= 4 is 16.7 Å². The molecule has 0 saturated carbocycles. The minimum absolute atomic E-state index is 0.366. The standard InChI is InChI=1S/C4H5F2N3S/c5-3(6)1-7-4-8-2-9-10-4/h2-3H,1H2,(H,7,8,9). The van der Waals surface area contributed by atoms with Crippen LogP contribution in [0, 0.1) is 0 Å². The normalized spacial score (nSPS) is 10.3. The van der Waals surface area contributed by atoms with Crippen molar-refractivity contribution in [3.8, 4) is 0 Å². The zero-order valence-electron chi connectivity index (χ0n) is 4.92. The van der Waals surface area contributed by atoms with Gasteiger partial charge in [-0.2, -0.15) is 4.37 Å². The lowest BCUT2D eigenvalue weighted by molar-refractivity contribution is 0.163. The minimum atomic E-state index is -2.34. The average molecular weight is 165 g/mol. The van der Waals surface area contributed by atoms with Gasteiger partial charge in [-0.3, -0.25) is 0 Å². The van der Waals surface area contributed by atoms with E-state index in [2.05, 4.69) is 14.7 Å². The Bertz CT molecular complexity index is 177. The quantitative estimate of drug-likeness (QED) is 0.731. The Morgan fingerprint density at radius 2 is 2.50 bits per heavy atom. The molecule has 1 rings (SSSR count). The van der Waals surface area contributed by atoms with E-state index in [1.54, 1.807) is 0 Å². The fourth-order valence-corrected chi connectivity index (χ4v) is 0.852. The lowest BCUT2D eigenvalue weighted by Crippen LogP contribution is -2.09. The van der Waals surface area contributed by atoms with Crippen molar-refractivity contribution in [3.05, 3.63) is 6.33 Å². The third kappa shape index (κ3) is 2.22. The zero-order valence-corrected chi connectivity index (χ0v) is 5.74. The molecule has 56 valence electrons. The van der Waals surface area contributed by atoms with Crippen LogP contribution in [0.5, 0.6) is 0 Å². The highest BCUT2D eigenvalue weighted by Gasteiger charge is 2.02. The molecule has 0 radical (unpaired) electrons. The van der Waals surface area contributed by atoms with Crippen LogP contribution in [-0.2, 0) is 0 Å². The fourth-order valence-electron chi connectivity index (χ4n) is 0.415. The maximum Gasteiger partial charge on any atom is 0.255 e. The van der Waals surface area contributed by atoms with Gasteiger partial charge in [-0.05, 0) is 0 Å². The Hall–Kier alpha value is -0.780. The van der Waals surface area contributed by atoms with Crippen LogP contribution in [0.4, 0.5) is 13.9 Å². The second kappa shape index (κ2) is 3.40. The van der Waals surface area contributed by atoms with E-state index < -0.39 is 6.43 Å². The van der Waals surface area contributed by atoms with Crippen LogP contribution in [0.2, 0.25) is 0 Å². The van der Waals surface area contributed by atoms with E-state index in [1.807, 2.05) is 0 Å². The summed E-state index contributed by atoms with van der Waals surface area (Å²) in [5.41, 5.74) is 0. The lowest BCUT2D eigenvalue weighted by Gasteiger charge is -1.97. The molecule has 1 aromatic rings. The second-order valence-electron chi connectivity index (χ2n) is 1.52. The Labute approximate surface area is 60.3 Å². The number of hydrogen-bond acceptors (Lipinski definition) is 4. The van der Waals surface area contributed by atoms with E-state index >= 15 is 0 Å². The maximum atomic E-state index is 11.5. The monoisotopic (exact) mass is 165 g/mol. The predicted molar refractivity (Wildman–Crippen MR) is 34.4 cm³/mol. The van der Waals surface area contributed by atoms with Gasteiger partial charge in [0.1, 0.15) is 6.33 Å². The van der Waals surface area contributed by atoms with Gasteiger partial charge in [-0.25, -0.2) is 13.8 Å². The SMILES string of the molecule is FC(F)CNc1ncns1. The topological polar surface area (TPSA) is 37.8 Å². The van der Waals surface area contributed by atoms with Crippen molar-refractivity contribution < 1.29 is 8.78 Å². The summed E-state index contributed by atoms with van der Waals surface area (Å²) in [4.78, 5) is 3.65. The summed E-state index contributed by atoms with van der Waals surface area (Å²) in [5, 5.41) is 2.85. The molecule has 3 nitrogen and oxygen atoms in total. The van der Waals surface area contributed by atoms with Crippen LogP contribution in [0.3, 0.4) is 0 Å². The van der Waals surface area contributed by atoms with Crippen LogP contribution in [0.25, 0.3) is 0 Å². The zero-order chi connectivity index (χ0) is 7.40. The first-order valence-corrected chi connectivity index (χ1v) is 3.35. The molecular formula is C4H5F2N3S. The number of aromatic nitrogens is 2. The first-order valence-electron chi connectivity index (χ1n) is 2.57. The molecule has 1 heterocycles. The van der Waals surface area contributed by atoms with Gasteiger partial charge in [-0.15, -0.1) is 0 Å². The van der Waals surface area contributed by atoms with E-state index in [0.29, 0.717) is 5.13 Å². The van der Waals surface area contributed by atoms with E-state index in [1.165, 1.54) is 6.33 Å². The number of alkyl halides is 2. The van der Waals surface area contributed by atoms with Crippen LogP contribution in [0.15, 0.2) is 6.33 Å². The summed E-state index contributed by atoms with van der Waals surface area (Å²) >= 11 is 1.06. The molecule has 0 saturated heterocycles. The third-order valence-electron chi connectivity index (χ3n) is 0.769. The number of halogens is 2. The van der Waals surface area contributed by atoms with Crippen LogP contribution in [0.1, 0.15) is 0 Å². The number of nitrogens with zero attached hydrogens (tertiary/aromatic N) is 2. The Balaban J connectivity index is 2.28. The van der Waals surface area contributed by atoms with E-state index in [0.717, 1.165) is 11.5 Å². The Morgan fingerprint density at radius 1 is 1.70 bits per heavy atom. The fraction of sp³-hybridized carbons (Fsp3) is 0.500. The molecule has 0 bridgehead atoms. The molecule has 1 aromatic heterocycles. The van der Waals surface area contributed by atoms with Gasteiger partial charge in [0.05, 0.1) is 6.54 Å². The van der Waals surface area contributed by atoms with Gasteiger partial charge in [0.25, 0.3) is 6.43 Å². The summed E-state index contributed by atoms with van der Waals surface area (Å²) in [5.74, 6) is 0. The molecule has 0 spiro atoms. The highest BCUT2D eigenvalue weighted by molar-refractivity contribution is 7.09. The van der Waals surface area contributed by atoms with Crippen LogP contribution < -0.4 is 5.32 Å². The molecule has 0 amide bonds. The van der Waals surface area contributed by atoms with Crippen molar-refractivity contribution in [2.24, 2.45) is 0 Å². The van der Waals surface area contributed by atoms with Crippen molar-refractivity contribution in [2.75, 3.05) is 11.9 Å². The molecule has 0 unspecified atom stereocenters. The van der Waals surface area contributed by atoms with Gasteiger partial charge >= 0.3 is 0 Å². The average Bonchev–Trinajstić information content (AvgIpc) is 2.34. The number of nitrogens with one attached hydrogen (secondary N) is 1. The first kappa shape index (κ1) is 7.33. The van der Waals surface area contributed by atoms with Gasteiger partial charge in [-0.1, -0.05) is 0 Å². The maximum absolute atomic E-state index is 11.5. The van der Waals surface area contributed by atoms with Crippen LogP contribution in [-0.4, -0.2) is 22.3 Å². The predicted octanol–water partition coefficient (Wildman–Crippen LogP) is 1.22. The van der Waals surface area contributed by atoms with E-state index in [4.69, 9.17) is 0 Å². The Morgan fingerprint density at radius 3 is 3.00 bits per heavy atom.